The zero-order valence-electron chi connectivity index (χ0n) is 43.5. The summed E-state index contributed by atoms with van der Waals surface area (Å²) in [5.74, 6) is -0.788. The van der Waals surface area contributed by atoms with Crippen molar-refractivity contribution in [3.8, 4) is 0 Å². The summed E-state index contributed by atoms with van der Waals surface area (Å²) in [5, 5.41) is 43.5. The Balaban J connectivity index is 0.875. The van der Waals surface area contributed by atoms with Gasteiger partial charge in [0.1, 0.15) is 79.0 Å². The summed E-state index contributed by atoms with van der Waals surface area (Å²) in [4.78, 5) is 125. The minimum Gasteiger partial charge on any atom is -0.387 e. The zero-order valence-corrected chi connectivity index (χ0v) is 48.0. The van der Waals surface area contributed by atoms with E-state index in [1.54, 1.807) is 0 Å². The number of anilines is 3. The summed E-state index contributed by atoms with van der Waals surface area (Å²) in [6.07, 6.45) is -21.5. The minimum atomic E-state index is -5.89. The van der Waals surface area contributed by atoms with Gasteiger partial charge in [-0.2, -0.15) is 4.98 Å². The summed E-state index contributed by atoms with van der Waals surface area (Å²) < 4.78 is 132. The van der Waals surface area contributed by atoms with Crippen molar-refractivity contribution in [2.45, 2.75) is 85.8 Å². The third-order valence-corrected chi connectivity index (χ3v) is 16.9. The fraction of sp³-hybridized carbons (Fsp3) is 0.583. The zero-order chi connectivity index (χ0) is 62.7. The van der Waals surface area contributed by atoms with Crippen LogP contribution in [0.2, 0.25) is 0 Å². The van der Waals surface area contributed by atoms with E-state index in [-0.39, 0.29) is 51.2 Å². The van der Waals surface area contributed by atoms with Gasteiger partial charge in [-0.1, -0.05) is 4.98 Å². The average molecular weight is 1330 g/mol. The Kier molecular flexibility index (Phi) is 19.0. The smallest absolute Gasteiger partial charge is 0.387 e. The molecule has 7 unspecified atom stereocenters. The molecule has 9 rings (SSSR count). The van der Waals surface area contributed by atoms with E-state index in [0.717, 1.165) is 35.2 Å². The summed E-state index contributed by atoms with van der Waals surface area (Å²) in [5.41, 5.74) is 15.3. The molecule has 3 aliphatic rings. The summed E-state index contributed by atoms with van der Waals surface area (Å²) in [6, 6.07) is 0. The molecule has 0 aromatic carbocycles. The first-order valence-electron chi connectivity index (χ1n) is 24.1. The van der Waals surface area contributed by atoms with Crippen LogP contribution in [0.1, 0.15) is 18.7 Å². The Labute approximate surface area is 476 Å². The van der Waals surface area contributed by atoms with Crippen LogP contribution in [-0.4, -0.2) is 216 Å². The number of phosphoric ester groups is 5. The number of H-pyrrole nitrogens is 2. The van der Waals surface area contributed by atoms with Crippen LogP contribution in [0.4, 0.5) is 17.7 Å². The van der Waals surface area contributed by atoms with Gasteiger partial charge in [0.2, 0.25) is 17.7 Å². The first-order valence-corrected chi connectivity index (χ1v) is 31.7. The van der Waals surface area contributed by atoms with E-state index in [2.05, 4.69) is 48.9 Å². The number of ether oxygens (including phenoxy) is 4. The fourth-order valence-electron chi connectivity index (χ4n) is 9.14. The van der Waals surface area contributed by atoms with Gasteiger partial charge < -0.3 is 90.8 Å². The van der Waals surface area contributed by atoms with E-state index in [1.165, 1.54) is 22.5 Å². The van der Waals surface area contributed by atoms with Crippen LogP contribution in [0.25, 0.3) is 33.5 Å². The number of aromatic nitrogens is 12. The van der Waals surface area contributed by atoms with Crippen molar-refractivity contribution in [1.82, 2.24) is 53.6 Å². The van der Waals surface area contributed by atoms with Crippen molar-refractivity contribution in [1.29, 1.82) is 0 Å². The molecular formula is C36H53N15O30P5+. The highest BCUT2D eigenvalue weighted by atomic mass is 31.2. The molecule has 0 aliphatic carbocycles. The molecule has 3 saturated heterocycles. The van der Waals surface area contributed by atoms with Crippen LogP contribution in [0, 0.1) is 0 Å². The van der Waals surface area contributed by atoms with E-state index < -0.39 is 169 Å². The Bertz CT molecular complexity index is 3840. The topological polar surface area (TPSA) is 658 Å². The van der Waals surface area contributed by atoms with Crippen molar-refractivity contribution in [3.05, 3.63) is 46.0 Å². The number of nitrogens with zero attached hydrogens (tertiary/aromatic N) is 10. The lowest BCUT2D eigenvalue weighted by molar-refractivity contribution is -0.745. The molecule has 6 aromatic heterocycles. The molecule has 0 amide bonds. The Morgan fingerprint density at radius 3 is 1.76 bits per heavy atom. The Morgan fingerprint density at radius 1 is 0.628 bits per heavy atom. The largest absolute Gasteiger partial charge is 0.472 e. The van der Waals surface area contributed by atoms with Crippen molar-refractivity contribution in [3.63, 3.8) is 0 Å². The fourth-order valence-corrected chi connectivity index (χ4v) is 12.7. The number of aliphatic hydroxyl groups is 4. The number of nitrogens with one attached hydrogen (secondary N) is 2. The second-order valence-electron chi connectivity index (χ2n) is 18.7. The second-order valence-corrected chi connectivity index (χ2v) is 25.4. The first-order chi connectivity index (χ1) is 40.1. The second kappa shape index (κ2) is 25.0. The van der Waals surface area contributed by atoms with Crippen molar-refractivity contribution >= 4 is 90.3 Å². The number of nitrogen functional groups attached to an aromatic ring is 3. The van der Waals surface area contributed by atoms with E-state index in [4.69, 9.17) is 63.3 Å². The van der Waals surface area contributed by atoms with E-state index in [0.29, 0.717) is 0 Å². The van der Waals surface area contributed by atoms with Crippen molar-refractivity contribution < 1.29 is 137 Å². The monoisotopic (exact) mass is 1330 g/mol. The summed E-state index contributed by atoms with van der Waals surface area (Å²) >= 11 is 0. The number of aromatic amines is 2. The third kappa shape index (κ3) is 14.5. The number of hydrogen-bond donors (Lipinski definition) is 16. The predicted octanol–water partition coefficient (Wildman–Crippen LogP) is -5.86. The molecule has 3 fully saturated rings. The molecule has 45 nitrogen and oxygen atoms in total. The maximum absolute atomic E-state index is 13.8. The molecular weight excluding hydrogens is 1280 g/mol. The summed E-state index contributed by atoms with van der Waals surface area (Å²) in [7, 11) is -26.1. The van der Waals surface area contributed by atoms with Crippen LogP contribution >= 0.6 is 39.1 Å². The number of imidazole rings is 3. The van der Waals surface area contributed by atoms with E-state index in [9.17, 15) is 87.1 Å². The van der Waals surface area contributed by atoms with Crippen molar-refractivity contribution in [2.75, 3.05) is 57.3 Å². The molecule has 0 radical (unpaired) electrons. The van der Waals surface area contributed by atoms with Crippen LogP contribution in [-0.2, 0) is 85.0 Å². The van der Waals surface area contributed by atoms with Crippen LogP contribution < -0.4 is 32.9 Å². The molecule has 476 valence electrons. The highest BCUT2D eigenvalue weighted by molar-refractivity contribution is 7.48. The normalized spacial score (nSPS) is 28.5. The van der Waals surface area contributed by atoms with Gasteiger partial charge in [-0.3, -0.25) is 69.4 Å². The average Bonchev–Trinajstić information content (AvgIpc) is 4.03. The molecule has 3 aliphatic heterocycles. The lowest BCUT2D eigenvalue weighted by Gasteiger charge is -2.28. The first kappa shape index (κ1) is 65.3. The van der Waals surface area contributed by atoms with Gasteiger partial charge in [-0.15, -0.1) is 0 Å². The van der Waals surface area contributed by atoms with Gasteiger partial charge in [0.25, 0.3) is 17.1 Å². The number of aryl methyl sites for hydroxylation is 1. The number of methoxy groups -OCH3 is 1. The number of phosphoric acid groups is 5. The highest BCUT2D eigenvalue weighted by Crippen LogP contribution is 2.53. The molecule has 0 saturated carbocycles. The lowest BCUT2D eigenvalue weighted by atomic mass is 10.1. The number of fused-ring (bicyclic) bond motifs is 3. The Morgan fingerprint density at radius 2 is 1.15 bits per heavy atom. The number of rotatable bonds is 26. The van der Waals surface area contributed by atoms with Gasteiger partial charge in [-0.25, -0.2) is 47.3 Å². The maximum atomic E-state index is 13.8. The van der Waals surface area contributed by atoms with Gasteiger partial charge in [0.05, 0.1) is 52.7 Å². The van der Waals surface area contributed by atoms with Crippen molar-refractivity contribution in [2.24, 2.45) is 7.05 Å². The molecule has 50 heteroatoms. The van der Waals surface area contributed by atoms with Crippen LogP contribution in [0.5, 0.6) is 0 Å². The maximum Gasteiger partial charge on any atom is 0.472 e. The number of hydrogen-bond acceptors (Lipinski definition) is 32. The van der Waals surface area contributed by atoms with Crippen LogP contribution in [0.15, 0.2) is 34.9 Å². The summed E-state index contributed by atoms with van der Waals surface area (Å²) in [6.45, 7) is -6.67. The van der Waals surface area contributed by atoms with Crippen LogP contribution in [0.3, 0.4) is 0 Å². The third-order valence-electron chi connectivity index (χ3n) is 12.9. The standard InChI is InChI=1S/C36H52N15O30P5/c1-48-11-51(29-19(48)31(57)47-36(39)45-29)33-23(55)21(53)14(77-33)5-73-84(64,65)71-3-12(79-82(58,59)60)13(80-83(61,62)63)4-72-85(66,67)74-7-16-24(25(70-2)34(78-16)49-9-42-17-26(37)40-8-41-27(17)49)81-86(68,69)75-6-15-20(52)22(54)32(76-15)50-10-43-18-28(50)44-35(38)46-30(18)56/h8-16,20-25,32-34,52-55H,3-7H2,1-2H3,(H14-,37,38,39,40,41,44,45,46,47,56,57,58,59,60,61,62,63,64,65,66,67,68,69)/p+1/t12?,13?,14-,15-,16-,20-,21-,22-,23-,24-,25-,32-,33?,34?/m1/s1. The molecule has 6 aromatic rings. The molecule has 0 bridgehead atoms. The number of aliphatic hydroxyl groups excluding tert-OH is 4. The van der Waals surface area contributed by atoms with Gasteiger partial charge in [0.15, 0.2) is 41.4 Å². The molecule has 17 atom stereocenters. The predicted molar refractivity (Wildman–Crippen MR) is 273 cm³/mol. The number of nitrogens with two attached hydrogens (primary N) is 3. The van der Waals surface area contributed by atoms with E-state index in [1.807, 2.05) is 0 Å². The van der Waals surface area contributed by atoms with Gasteiger partial charge in [0, 0.05) is 7.11 Å². The lowest BCUT2D eigenvalue weighted by Crippen LogP contribution is -2.46. The highest BCUT2D eigenvalue weighted by Gasteiger charge is 2.53. The van der Waals surface area contributed by atoms with Gasteiger partial charge in [-0.05, 0) is 0 Å². The van der Waals surface area contributed by atoms with Gasteiger partial charge >= 0.3 is 44.8 Å². The molecule has 0 spiro atoms. The Hall–Kier alpha value is -5.12. The minimum absolute atomic E-state index is 0.0155. The molecule has 19 N–H and O–H groups in total. The SMILES string of the molecule is CO[C@H]1C(n2cnc3c(N)ncnc32)O[C@H](COP(=O)(O)OCC(OP(=O)(O)O)C(COP(=O)(O)OC[C@H]2OC([n+]3cn(C)c4c(=O)[nH]c(N)nc43)[C@H](O)[C@@H]2O)OP(=O)(O)O)[C@H]1OP(=O)(O)OC[C@H]1O[C@@H](n2cnc3c(=O)[nH]c(N)nc32)[C@H](O)[C@@H]1O. The molecule has 86 heavy (non-hydrogen) atoms. The van der Waals surface area contributed by atoms with E-state index >= 15 is 0 Å². The molecule has 9 heterocycles. The quantitative estimate of drug-likeness (QED) is 0.0178.